The van der Waals surface area contributed by atoms with Gasteiger partial charge in [-0.1, -0.05) is 24.3 Å². The Kier molecular flexibility index (Phi) is 5.70. The van der Waals surface area contributed by atoms with Crippen molar-refractivity contribution in [2.45, 2.75) is 35.8 Å². The molecule has 16 heteroatoms. The molecule has 0 aliphatic carbocycles. The van der Waals surface area contributed by atoms with Crippen molar-refractivity contribution in [2.24, 2.45) is 0 Å². The summed E-state index contributed by atoms with van der Waals surface area (Å²) in [6.07, 6.45) is -5.58. The average Bonchev–Trinajstić information content (AvgIpc) is 2.67. The molecule has 0 saturated heterocycles. The topological polar surface area (TPSA) is 38.7 Å². The van der Waals surface area contributed by atoms with Crippen LogP contribution in [0.2, 0.25) is 0 Å². The summed E-state index contributed by atoms with van der Waals surface area (Å²) in [5, 5.41) is 0. The molecule has 0 aliphatic heterocycles. The first kappa shape index (κ1) is 24.6. The molecule has 0 fully saturated rings. The number of benzene rings is 1. The second kappa shape index (κ2) is 7.19. The van der Waals surface area contributed by atoms with E-state index in [4.69, 9.17) is 0 Å². The minimum atomic E-state index is -7.93. The van der Waals surface area contributed by atoms with Crippen LogP contribution in [0.3, 0.4) is 0 Å². The molecule has 3 nitrogen and oxygen atoms in total. The first-order chi connectivity index (χ1) is 13.8. The third kappa shape index (κ3) is 3.54. The van der Waals surface area contributed by atoms with E-state index in [1.807, 2.05) is 0 Å². The number of alkyl halides is 13. The molecule has 172 valence electrons. The molecule has 0 radical (unpaired) electrons. The van der Waals surface area contributed by atoms with Crippen molar-refractivity contribution >= 4 is 0 Å². The Bertz CT molecular complexity index is 908. The lowest BCUT2D eigenvalue weighted by atomic mass is 9.90. The Hall–Kier alpha value is -2.68. The van der Waals surface area contributed by atoms with Gasteiger partial charge in [0.05, 0.1) is 0 Å². The van der Waals surface area contributed by atoms with E-state index in [1.54, 1.807) is 0 Å². The molecule has 0 aliphatic rings. The zero-order valence-electron chi connectivity index (χ0n) is 14.2. The minimum absolute atomic E-state index is 0.0309. The van der Waals surface area contributed by atoms with Gasteiger partial charge in [0.15, 0.2) is 5.82 Å². The lowest BCUT2D eigenvalue weighted by molar-refractivity contribution is -0.441. The smallest absolute Gasteiger partial charge is 0.225 e. The van der Waals surface area contributed by atoms with Crippen LogP contribution in [0.15, 0.2) is 36.9 Å². The molecule has 1 aromatic heterocycles. The standard InChI is InChI=1S/C15H6F13N3/c16-10(17,8-3-1-7(2-4-8)9-30-5-29-6-31-9)11(18,19)12(20,21)13(22,23)14(24,25)15(26,27)28/h1-6H. The maximum Gasteiger partial charge on any atom is 0.460 e. The Morgan fingerprint density at radius 2 is 0.935 bits per heavy atom. The van der Waals surface area contributed by atoms with Gasteiger partial charge in [-0.25, -0.2) is 15.0 Å². The van der Waals surface area contributed by atoms with Crippen LogP contribution in [0, 0.1) is 0 Å². The fourth-order valence-corrected chi connectivity index (χ4v) is 2.17. The Morgan fingerprint density at radius 1 is 0.516 bits per heavy atom. The van der Waals surface area contributed by atoms with E-state index in [-0.39, 0.29) is 23.5 Å². The summed E-state index contributed by atoms with van der Waals surface area (Å²) in [5.74, 6) is -37.4. The van der Waals surface area contributed by atoms with Gasteiger partial charge in [-0.05, 0) is 0 Å². The monoisotopic (exact) mass is 475 g/mol. The van der Waals surface area contributed by atoms with Crippen LogP contribution in [-0.2, 0) is 5.92 Å². The Morgan fingerprint density at radius 3 is 1.35 bits per heavy atom. The molecule has 1 heterocycles. The molecular weight excluding hydrogens is 469 g/mol. The van der Waals surface area contributed by atoms with Crippen molar-refractivity contribution in [1.82, 2.24) is 15.0 Å². The Balaban J connectivity index is 2.51. The number of hydrogen-bond donors (Lipinski definition) is 0. The van der Waals surface area contributed by atoms with Crippen LogP contribution < -0.4 is 0 Å². The van der Waals surface area contributed by atoms with Gasteiger partial charge in [0.25, 0.3) is 0 Å². The number of nitrogens with zero attached hydrogens (tertiary/aromatic N) is 3. The maximum absolute atomic E-state index is 14.0. The molecule has 2 aromatic rings. The molecule has 0 amide bonds. The number of aromatic nitrogens is 3. The number of halogens is 13. The summed E-state index contributed by atoms with van der Waals surface area (Å²) in [5.41, 5.74) is -2.24. The first-order valence-electron chi connectivity index (χ1n) is 7.51. The quantitative estimate of drug-likeness (QED) is 0.501. The van der Waals surface area contributed by atoms with E-state index in [0.29, 0.717) is 12.1 Å². The average molecular weight is 475 g/mol. The molecular formula is C15H6F13N3. The highest BCUT2D eigenvalue weighted by molar-refractivity contribution is 5.55. The van der Waals surface area contributed by atoms with Gasteiger partial charge in [0, 0.05) is 11.1 Å². The van der Waals surface area contributed by atoms with E-state index in [9.17, 15) is 57.1 Å². The highest BCUT2D eigenvalue weighted by atomic mass is 19.4. The van der Waals surface area contributed by atoms with Crippen molar-refractivity contribution in [1.29, 1.82) is 0 Å². The van der Waals surface area contributed by atoms with Gasteiger partial charge in [-0.15, -0.1) is 0 Å². The highest BCUT2D eigenvalue weighted by Crippen LogP contribution is 2.62. The lowest BCUT2D eigenvalue weighted by Gasteiger charge is -2.39. The van der Waals surface area contributed by atoms with Crippen molar-refractivity contribution in [3.05, 3.63) is 42.5 Å². The van der Waals surface area contributed by atoms with Gasteiger partial charge >= 0.3 is 35.8 Å². The zero-order valence-corrected chi connectivity index (χ0v) is 14.2. The number of rotatable bonds is 6. The number of hydrogen-bond acceptors (Lipinski definition) is 3. The highest BCUT2D eigenvalue weighted by Gasteiger charge is 2.90. The van der Waals surface area contributed by atoms with E-state index in [2.05, 4.69) is 15.0 Å². The fourth-order valence-electron chi connectivity index (χ4n) is 2.17. The third-order valence-corrected chi connectivity index (χ3v) is 3.93. The Labute approximate surface area is 162 Å². The van der Waals surface area contributed by atoms with Gasteiger partial charge in [0.1, 0.15) is 12.7 Å². The second-order valence-electron chi connectivity index (χ2n) is 5.91. The molecule has 0 bridgehead atoms. The van der Waals surface area contributed by atoms with Gasteiger partial charge in [-0.2, -0.15) is 57.1 Å². The first-order valence-corrected chi connectivity index (χ1v) is 7.51. The van der Waals surface area contributed by atoms with Crippen LogP contribution >= 0.6 is 0 Å². The summed E-state index contributed by atoms with van der Waals surface area (Å²) in [6, 6.07) is 1.19. The van der Waals surface area contributed by atoms with Gasteiger partial charge in [0.2, 0.25) is 0 Å². The fraction of sp³-hybridized carbons (Fsp3) is 0.400. The second-order valence-corrected chi connectivity index (χ2v) is 5.91. The van der Waals surface area contributed by atoms with Gasteiger partial charge < -0.3 is 0 Å². The van der Waals surface area contributed by atoms with E-state index in [0.717, 1.165) is 12.7 Å². The molecule has 0 atom stereocenters. The van der Waals surface area contributed by atoms with E-state index >= 15 is 0 Å². The molecule has 31 heavy (non-hydrogen) atoms. The largest absolute Gasteiger partial charge is 0.460 e. The molecule has 2 rings (SSSR count). The van der Waals surface area contributed by atoms with Crippen molar-refractivity contribution < 1.29 is 57.1 Å². The van der Waals surface area contributed by atoms with Crippen LogP contribution in [0.25, 0.3) is 11.4 Å². The SMILES string of the molecule is FC(F)(F)C(F)(F)C(F)(F)C(F)(F)C(F)(F)C(F)(F)c1ccc(-c2ncncn2)cc1. The molecule has 0 unspecified atom stereocenters. The lowest BCUT2D eigenvalue weighted by Crippen LogP contribution is -2.69. The van der Waals surface area contributed by atoms with Crippen LogP contribution in [-0.4, -0.2) is 44.8 Å². The third-order valence-electron chi connectivity index (χ3n) is 3.93. The predicted octanol–water partition coefficient (Wildman–Crippen LogP) is 5.73. The molecule has 0 saturated carbocycles. The van der Waals surface area contributed by atoms with E-state index < -0.39 is 41.4 Å². The normalized spacial score (nSPS) is 14.6. The van der Waals surface area contributed by atoms with Crippen LogP contribution in [0.5, 0.6) is 0 Å². The van der Waals surface area contributed by atoms with Crippen molar-refractivity contribution in [3.8, 4) is 11.4 Å². The van der Waals surface area contributed by atoms with Crippen molar-refractivity contribution in [3.63, 3.8) is 0 Å². The molecule has 0 spiro atoms. The van der Waals surface area contributed by atoms with Crippen LogP contribution in [0.4, 0.5) is 57.1 Å². The maximum atomic E-state index is 14.0. The van der Waals surface area contributed by atoms with Crippen LogP contribution in [0.1, 0.15) is 5.56 Å². The molecule has 1 aromatic carbocycles. The molecule has 0 N–H and O–H groups in total. The summed E-state index contributed by atoms with van der Waals surface area (Å²) in [6.45, 7) is 0. The summed E-state index contributed by atoms with van der Waals surface area (Å²) >= 11 is 0. The summed E-state index contributed by atoms with van der Waals surface area (Å²) < 4.78 is 171. The summed E-state index contributed by atoms with van der Waals surface area (Å²) in [4.78, 5) is 10.5. The zero-order chi connectivity index (χ0) is 24.1. The van der Waals surface area contributed by atoms with E-state index in [1.165, 1.54) is 0 Å². The van der Waals surface area contributed by atoms with Gasteiger partial charge in [-0.3, -0.25) is 0 Å². The predicted molar refractivity (Wildman–Crippen MR) is 75.0 cm³/mol. The summed E-state index contributed by atoms with van der Waals surface area (Å²) in [7, 11) is 0. The minimum Gasteiger partial charge on any atom is -0.225 e. The van der Waals surface area contributed by atoms with Crippen molar-refractivity contribution in [2.75, 3.05) is 0 Å².